The number of nitrogens with zero attached hydrogens (tertiary/aromatic N) is 2. The lowest BCUT2D eigenvalue weighted by Crippen LogP contribution is -2.50. The number of anilines is 1. The van der Waals surface area contributed by atoms with Gasteiger partial charge in [0.1, 0.15) is 11.5 Å². The van der Waals surface area contributed by atoms with Gasteiger partial charge in [0.05, 0.1) is 19.4 Å². The van der Waals surface area contributed by atoms with E-state index in [-0.39, 0.29) is 19.1 Å². The molecule has 0 saturated carbocycles. The summed E-state index contributed by atoms with van der Waals surface area (Å²) in [7, 11) is 1.66. The van der Waals surface area contributed by atoms with Gasteiger partial charge >= 0.3 is 11.8 Å². The van der Waals surface area contributed by atoms with Crippen molar-refractivity contribution in [3.05, 3.63) is 83.3 Å². The molecule has 2 aromatic carbocycles. The van der Waals surface area contributed by atoms with E-state index >= 15 is 0 Å². The minimum absolute atomic E-state index is 0.170. The quantitative estimate of drug-likeness (QED) is 0.466. The van der Waals surface area contributed by atoms with Crippen molar-refractivity contribution >= 4 is 29.1 Å². The Labute approximate surface area is 209 Å². The molecule has 1 aliphatic heterocycles. The number of ether oxygens (including phenoxy) is 1. The number of halogens is 1. The maximum atomic E-state index is 12.5. The van der Waals surface area contributed by atoms with Crippen LogP contribution in [0.5, 0.6) is 5.75 Å². The van der Waals surface area contributed by atoms with Crippen molar-refractivity contribution in [1.29, 1.82) is 0 Å². The van der Waals surface area contributed by atoms with Crippen LogP contribution in [0, 0.1) is 0 Å². The van der Waals surface area contributed by atoms with Crippen molar-refractivity contribution in [3.8, 4) is 5.75 Å². The average molecular weight is 497 g/mol. The number of methoxy groups -OCH3 is 1. The second-order valence-corrected chi connectivity index (χ2v) is 8.71. The molecule has 1 atom stereocenters. The van der Waals surface area contributed by atoms with E-state index in [2.05, 4.69) is 32.6 Å². The first-order valence-electron chi connectivity index (χ1n) is 11.5. The number of hydrogen-bond acceptors (Lipinski definition) is 6. The fourth-order valence-corrected chi connectivity index (χ4v) is 4.24. The van der Waals surface area contributed by atoms with Gasteiger partial charge in [-0.15, -0.1) is 0 Å². The topological polar surface area (TPSA) is 87.0 Å². The van der Waals surface area contributed by atoms with Crippen LogP contribution >= 0.6 is 11.6 Å². The fraction of sp³-hybridized carbons (Fsp3) is 0.308. The van der Waals surface area contributed by atoms with Gasteiger partial charge in [-0.1, -0.05) is 23.7 Å². The zero-order valence-corrected chi connectivity index (χ0v) is 20.3. The lowest BCUT2D eigenvalue weighted by Gasteiger charge is -2.39. The first-order chi connectivity index (χ1) is 17.0. The minimum Gasteiger partial charge on any atom is -0.497 e. The Hall–Kier alpha value is -3.49. The van der Waals surface area contributed by atoms with E-state index in [1.807, 2.05) is 24.3 Å². The zero-order chi connectivity index (χ0) is 24.6. The lowest BCUT2D eigenvalue weighted by molar-refractivity contribution is -0.139. The summed E-state index contributed by atoms with van der Waals surface area (Å²) in [5.41, 5.74) is 2.00. The average Bonchev–Trinajstić information content (AvgIpc) is 3.43. The third kappa shape index (κ3) is 6.55. The molecule has 1 aliphatic rings. The van der Waals surface area contributed by atoms with Crippen LogP contribution in [0.3, 0.4) is 0 Å². The van der Waals surface area contributed by atoms with Gasteiger partial charge in [0, 0.05) is 50.0 Å². The number of rotatable bonds is 8. The molecule has 9 heteroatoms. The summed E-state index contributed by atoms with van der Waals surface area (Å²) in [4.78, 5) is 29.3. The lowest BCUT2D eigenvalue weighted by atomic mass is 10.1. The smallest absolute Gasteiger partial charge is 0.309 e. The third-order valence-corrected chi connectivity index (χ3v) is 6.34. The largest absolute Gasteiger partial charge is 0.497 e. The monoisotopic (exact) mass is 496 g/mol. The number of hydrogen-bond donors (Lipinski definition) is 2. The molecular formula is C26H29ClN4O4. The molecule has 2 amide bonds. The first-order valence-corrected chi connectivity index (χ1v) is 11.9. The van der Waals surface area contributed by atoms with Gasteiger partial charge in [-0.3, -0.25) is 14.5 Å². The molecule has 0 radical (unpaired) electrons. The molecule has 184 valence electrons. The number of benzene rings is 2. The highest BCUT2D eigenvalue weighted by molar-refractivity contribution is 6.35. The Bertz CT molecular complexity index is 1100. The van der Waals surface area contributed by atoms with Gasteiger partial charge < -0.3 is 24.7 Å². The number of piperazine rings is 1. The highest BCUT2D eigenvalue weighted by atomic mass is 35.5. The number of amides is 2. The van der Waals surface area contributed by atoms with Crippen molar-refractivity contribution in [1.82, 2.24) is 15.5 Å². The SMILES string of the molecule is COc1ccc(N2CCN(C(CNC(=O)C(=O)NCc3ccc(Cl)cc3)c3ccco3)CC2)cc1. The van der Waals surface area contributed by atoms with Crippen LogP contribution < -0.4 is 20.3 Å². The van der Waals surface area contributed by atoms with E-state index in [1.165, 1.54) is 0 Å². The maximum Gasteiger partial charge on any atom is 0.309 e. The minimum atomic E-state index is -0.678. The van der Waals surface area contributed by atoms with Gasteiger partial charge in [-0.2, -0.15) is 0 Å². The number of nitrogens with one attached hydrogen (secondary N) is 2. The van der Waals surface area contributed by atoms with Crippen molar-refractivity contribution in [2.45, 2.75) is 12.6 Å². The summed E-state index contributed by atoms with van der Waals surface area (Å²) in [6.45, 7) is 3.76. The van der Waals surface area contributed by atoms with Crippen molar-refractivity contribution in [2.24, 2.45) is 0 Å². The Morgan fingerprint density at radius 2 is 1.66 bits per heavy atom. The molecule has 1 unspecified atom stereocenters. The molecule has 2 N–H and O–H groups in total. The molecule has 8 nitrogen and oxygen atoms in total. The Kier molecular flexibility index (Phi) is 8.28. The molecule has 0 spiro atoms. The van der Waals surface area contributed by atoms with E-state index in [0.717, 1.165) is 48.9 Å². The van der Waals surface area contributed by atoms with Gasteiger partial charge in [-0.05, 0) is 54.1 Å². The normalized spacial score (nSPS) is 14.9. The van der Waals surface area contributed by atoms with E-state index < -0.39 is 11.8 Å². The van der Waals surface area contributed by atoms with E-state index in [9.17, 15) is 9.59 Å². The second kappa shape index (κ2) is 11.8. The standard InChI is InChI=1S/C26H29ClN4O4/c1-34-22-10-8-21(9-11-22)30-12-14-31(15-13-30)23(24-3-2-16-35-24)18-29-26(33)25(32)28-17-19-4-6-20(27)7-5-19/h2-11,16,23H,12-15,17-18H2,1H3,(H,28,32)(H,29,33). The number of furan rings is 1. The Morgan fingerprint density at radius 1 is 0.971 bits per heavy atom. The van der Waals surface area contributed by atoms with Gasteiger partial charge in [0.2, 0.25) is 0 Å². The first kappa shape index (κ1) is 24.6. The molecule has 1 saturated heterocycles. The zero-order valence-electron chi connectivity index (χ0n) is 19.6. The van der Waals surface area contributed by atoms with Gasteiger partial charge in [0.15, 0.2) is 0 Å². The number of carbonyl (C=O) groups excluding carboxylic acids is 2. The highest BCUT2D eigenvalue weighted by Crippen LogP contribution is 2.25. The molecule has 35 heavy (non-hydrogen) atoms. The van der Waals surface area contributed by atoms with Gasteiger partial charge in [0.25, 0.3) is 0 Å². The van der Waals surface area contributed by atoms with Crippen molar-refractivity contribution in [2.75, 3.05) is 44.7 Å². The van der Waals surface area contributed by atoms with Crippen LogP contribution in [0.1, 0.15) is 17.4 Å². The maximum absolute atomic E-state index is 12.5. The van der Waals surface area contributed by atoms with Crippen LogP contribution in [-0.4, -0.2) is 56.5 Å². The summed E-state index contributed by atoms with van der Waals surface area (Å²) < 4.78 is 10.9. The van der Waals surface area contributed by atoms with Crippen LogP contribution in [0.4, 0.5) is 5.69 Å². The summed E-state index contributed by atoms with van der Waals surface area (Å²) in [5.74, 6) is 0.234. The Morgan fingerprint density at radius 3 is 2.29 bits per heavy atom. The Balaban J connectivity index is 1.31. The summed E-state index contributed by atoms with van der Waals surface area (Å²) in [5, 5.41) is 6.03. The molecule has 1 aromatic heterocycles. The van der Waals surface area contributed by atoms with Crippen LogP contribution in [0.25, 0.3) is 0 Å². The van der Waals surface area contributed by atoms with E-state index in [4.69, 9.17) is 20.8 Å². The summed E-state index contributed by atoms with van der Waals surface area (Å²) >= 11 is 5.88. The summed E-state index contributed by atoms with van der Waals surface area (Å²) in [6, 6.07) is 18.7. The highest BCUT2D eigenvalue weighted by Gasteiger charge is 2.28. The van der Waals surface area contributed by atoms with Crippen LogP contribution in [0.15, 0.2) is 71.3 Å². The van der Waals surface area contributed by atoms with E-state index in [0.29, 0.717) is 5.02 Å². The molecule has 3 aromatic rings. The van der Waals surface area contributed by atoms with E-state index in [1.54, 1.807) is 37.6 Å². The molecule has 4 rings (SSSR count). The fourth-order valence-electron chi connectivity index (χ4n) is 4.11. The molecule has 1 fully saturated rings. The number of carbonyl (C=O) groups is 2. The molecule has 0 aliphatic carbocycles. The summed E-state index contributed by atoms with van der Waals surface area (Å²) in [6.07, 6.45) is 1.62. The van der Waals surface area contributed by atoms with Crippen LogP contribution in [-0.2, 0) is 16.1 Å². The predicted octanol–water partition coefficient (Wildman–Crippen LogP) is 3.24. The molecule has 0 bridgehead atoms. The third-order valence-electron chi connectivity index (χ3n) is 6.09. The molecular weight excluding hydrogens is 468 g/mol. The van der Waals surface area contributed by atoms with Gasteiger partial charge in [-0.25, -0.2) is 0 Å². The van der Waals surface area contributed by atoms with Crippen molar-refractivity contribution in [3.63, 3.8) is 0 Å². The second-order valence-electron chi connectivity index (χ2n) is 8.27. The predicted molar refractivity (Wildman–Crippen MR) is 135 cm³/mol. The van der Waals surface area contributed by atoms with Crippen molar-refractivity contribution < 1.29 is 18.7 Å². The molecule has 2 heterocycles. The van der Waals surface area contributed by atoms with Crippen LogP contribution in [0.2, 0.25) is 5.02 Å².